The van der Waals surface area contributed by atoms with Crippen LogP contribution in [0.25, 0.3) is 0 Å². The monoisotopic (exact) mass is 411 g/mol. The van der Waals surface area contributed by atoms with E-state index in [2.05, 4.69) is 24.4 Å². The molecule has 0 rings (SSSR count). The van der Waals surface area contributed by atoms with Crippen LogP contribution >= 0.6 is 0 Å². The molecule has 2 N–H and O–H groups in total. The molecule has 0 radical (unpaired) electrons. The molecular formula is C25H49NO3. The molecule has 0 unspecified atom stereocenters. The summed E-state index contributed by atoms with van der Waals surface area (Å²) in [6.45, 7) is 7.71. The van der Waals surface area contributed by atoms with Crippen molar-refractivity contribution in [3.05, 3.63) is 12.2 Å². The lowest BCUT2D eigenvalue weighted by atomic mass is 10.0. The molecule has 0 aliphatic rings. The van der Waals surface area contributed by atoms with Gasteiger partial charge in [-0.05, 0) is 46.5 Å². The largest absolute Gasteiger partial charge is 0.444 e. The van der Waals surface area contributed by atoms with E-state index >= 15 is 0 Å². The highest BCUT2D eigenvalue weighted by molar-refractivity contribution is 5.68. The molecule has 0 bridgehead atoms. The molecule has 0 fully saturated rings. The second kappa shape index (κ2) is 19.0. The standard InChI is InChI=1S/C25H49NO3/c1-5-6-7-8-9-10-11-12-13-14-15-16-17-18-19-20-21-23(22-27)26-24(28)29-25(2,3)4/h18-19,23,27H,5-17,20-22H2,1-4H3,(H,26,28)/b19-18-/t23-/m0/s1. The lowest BCUT2D eigenvalue weighted by Gasteiger charge is -2.22. The Morgan fingerprint density at radius 2 is 1.34 bits per heavy atom. The van der Waals surface area contributed by atoms with Crippen molar-refractivity contribution in [1.29, 1.82) is 0 Å². The minimum absolute atomic E-state index is 0.0637. The molecular weight excluding hydrogens is 362 g/mol. The fourth-order valence-electron chi connectivity index (χ4n) is 3.32. The van der Waals surface area contributed by atoms with Crippen molar-refractivity contribution >= 4 is 6.09 Å². The maximum Gasteiger partial charge on any atom is 0.407 e. The number of ether oxygens (including phenoxy) is 1. The molecule has 0 heterocycles. The van der Waals surface area contributed by atoms with Gasteiger partial charge in [0.25, 0.3) is 0 Å². The zero-order valence-corrected chi connectivity index (χ0v) is 19.8. The van der Waals surface area contributed by atoms with Crippen LogP contribution in [0.3, 0.4) is 0 Å². The SMILES string of the molecule is CCCCCCCCCCCCCC/C=C\CC[C@@H](CO)NC(=O)OC(C)(C)C. The number of carbonyl (C=O) groups is 1. The Morgan fingerprint density at radius 1 is 0.862 bits per heavy atom. The molecule has 1 atom stereocenters. The van der Waals surface area contributed by atoms with Gasteiger partial charge in [-0.25, -0.2) is 4.79 Å². The number of nitrogens with one attached hydrogen (secondary N) is 1. The number of aliphatic hydroxyl groups excluding tert-OH is 1. The Hall–Kier alpha value is -1.03. The first kappa shape index (κ1) is 28.0. The quantitative estimate of drug-likeness (QED) is 0.184. The van der Waals surface area contributed by atoms with Crippen molar-refractivity contribution in [3.63, 3.8) is 0 Å². The molecule has 29 heavy (non-hydrogen) atoms. The topological polar surface area (TPSA) is 58.6 Å². The summed E-state index contributed by atoms with van der Waals surface area (Å²) < 4.78 is 5.22. The van der Waals surface area contributed by atoms with E-state index in [0.29, 0.717) is 0 Å². The lowest BCUT2D eigenvalue weighted by molar-refractivity contribution is 0.0479. The summed E-state index contributed by atoms with van der Waals surface area (Å²) in [7, 11) is 0. The van der Waals surface area contributed by atoms with Gasteiger partial charge in [0.15, 0.2) is 0 Å². The zero-order chi connectivity index (χ0) is 21.8. The third kappa shape index (κ3) is 21.5. The number of unbranched alkanes of at least 4 members (excludes halogenated alkanes) is 12. The van der Waals surface area contributed by atoms with Gasteiger partial charge in [-0.15, -0.1) is 0 Å². The Morgan fingerprint density at radius 3 is 1.83 bits per heavy atom. The van der Waals surface area contributed by atoms with E-state index in [0.717, 1.165) is 19.3 Å². The zero-order valence-electron chi connectivity index (χ0n) is 19.8. The first-order valence-electron chi connectivity index (χ1n) is 12.1. The Labute approximate surface area is 180 Å². The molecule has 0 aromatic carbocycles. The minimum atomic E-state index is -0.516. The summed E-state index contributed by atoms with van der Waals surface area (Å²) in [5.74, 6) is 0. The van der Waals surface area contributed by atoms with Gasteiger partial charge in [0.1, 0.15) is 5.60 Å². The fourth-order valence-corrected chi connectivity index (χ4v) is 3.32. The molecule has 1 amide bonds. The molecule has 0 saturated carbocycles. The summed E-state index contributed by atoms with van der Waals surface area (Å²) in [6, 6.07) is -0.249. The summed E-state index contributed by atoms with van der Waals surface area (Å²) in [4.78, 5) is 11.7. The van der Waals surface area contributed by atoms with E-state index in [1.165, 1.54) is 77.0 Å². The minimum Gasteiger partial charge on any atom is -0.444 e. The third-order valence-corrected chi connectivity index (χ3v) is 5.01. The number of allylic oxidation sites excluding steroid dienone is 2. The van der Waals surface area contributed by atoms with E-state index in [-0.39, 0.29) is 12.6 Å². The highest BCUT2D eigenvalue weighted by Crippen LogP contribution is 2.13. The number of amides is 1. The molecule has 0 aliphatic heterocycles. The van der Waals surface area contributed by atoms with Gasteiger partial charge in [0.05, 0.1) is 12.6 Å². The Balaban J connectivity index is 3.49. The fraction of sp³-hybridized carbons (Fsp3) is 0.880. The molecule has 4 heteroatoms. The Kier molecular flexibility index (Phi) is 18.3. The Bertz CT molecular complexity index is 401. The van der Waals surface area contributed by atoms with Crippen LogP contribution in [-0.2, 0) is 4.74 Å². The average Bonchev–Trinajstić information content (AvgIpc) is 2.65. The summed E-state index contributed by atoms with van der Waals surface area (Å²) in [5.41, 5.74) is -0.516. The predicted molar refractivity (Wildman–Crippen MR) is 124 cm³/mol. The second-order valence-corrected chi connectivity index (χ2v) is 9.25. The molecule has 4 nitrogen and oxygen atoms in total. The van der Waals surface area contributed by atoms with E-state index in [1.807, 2.05) is 20.8 Å². The number of alkyl carbamates (subject to hydrolysis) is 1. The van der Waals surface area contributed by atoms with E-state index in [1.54, 1.807) is 0 Å². The van der Waals surface area contributed by atoms with E-state index in [9.17, 15) is 9.90 Å². The van der Waals surface area contributed by atoms with Gasteiger partial charge in [-0.2, -0.15) is 0 Å². The van der Waals surface area contributed by atoms with E-state index < -0.39 is 11.7 Å². The maximum atomic E-state index is 11.7. The van der Waals surface area contributed by atoms with Gasteiger partial charge in [-0.3, -0.25) is 0 Å². The normalized spacial score (nSPS) is 13.0. The number of carbonyl (C=O) groups excluding carboxylic acids is 1. The first-order valence-corrected chi connectivity index (χ1v) is 12.1. The summed E-state index contributed by atoms with van der Waals surface area (Å²) >= 11 is 0. The van der Waals surface area contributed by atoms with Gasteiger partial charge in [-0.1, -0.05) is 89.7 Å². The molecule has 0 spiro atoms. The van der Waals surface area contributed by atoms with Crippen LogP contribution < -0.4 is 5.32 Å². The highest BCUT2D eigenvalue weighted by Gasteiger charge is 2.18. The number of hydrogen-bond acceptors (Lipinski definition) is 3. The number of rotatable bonds is 18. The van der Waals surface area contributed by atoms with Crippen molar-refractivity contribution in [1.82, 2.24) is 5.32 Å². The first-order chi connectivity index (χ1) is 13.9. The number of hydrogen-bond donors (Lipinski definition) is 2. The average molecular weight is 412 g/mol. The van der Waals surface area contributed by atoms with Crippen LogP contribution in [0.5, 0.6) is 0 Å². The number of aliphatic hydroxyl groups is 1. The smallest absolute Gasteiger partial charge is 0.407 e. The van der Waals surface area contributed by atoms with Gasteiger partial charge in [0.2, 0.25) is 0 Å². The van der Waals surface area contributed by atoms with Crippen molar-refractivity contribution in [3.8, 4) is 0 Å². The highest BCUT2D eigenvalue weighted by atomic mass is 16.6. The summed E-state index contributed by atoms with van der Waals surface area (Å²) in [5, 5.41) is 12.1. The van der Waals surface area contributed by atoms with Gasteiger partial charge in [0, 0.05) is 0 Å². The molecule has 0 aromatic heterocycles. The van der Waals surface area contributed by atoms with E-state index in [4.69, 9.17) is 4.74 Å². The van der Waals surface area contributed by atoms with Crippen LogP contribution in [0.1, 0.15) is 124 Å². The molecule has 172 valence electrons. The lowest BCUT2D eigenvalue weighted by Crippen LogP contribution is -2.40. The third-order valence-electron chi connectivity index (χ3n) is 5.01. The van der Waals surface area contributed by atoms with Crippen molar-refractivity contribution in [2.45, 2.75) is 136 Å². The molecule has 0 aromatic rings. The van der Waals surface area contributed by atoms with Gasteiger partial charge >= 0.3 is 6.09 Å². The molecule has 0 saturated heterocycles. The molecule has 0 aliphatic carbocycles. The van der Waals surface area contributed by atoms with Crippen LogP contribution in [0, 0.1) is 0 Å². The van der Waals surface area contributed by atoms with Crippen molar-refractivity contribution in [2.24, 2.45) is 0 Å². The van der Waals surface area contributed by atoms with Crippen LogP contribution in [0.4, 0.5) is 4.79 Å². The summed E-state index contributed by atoms with van der Waals surface area (Å²) in [6.07, 6.45) is 23.2. The second-order valence-electron chi connectivity index (χ2n) is 9.25. The van der Waals surface area contributed by atoms with Crippen LogP contribution in [0.2, 0.25) is 0 Å². The van der Waals surface area contributed by atoms with Crippen LogP contribution in [0.15, 0.2) is 12.2 Å². The maximum absolute atomic E-state index is 11.7. The van der Waals surface area contributed by atoms with Crippen molar-refractivity contribution < 1.29 is 14.6 Å². The van der Waals surface area contributed by atoms with Crippen molar-refractivity contribution in [2.75, 3.05) is 6.61 Å². The van der Waals surface area contributed by atoms with Gasteiger partial charge < -0.3 is 15.2 Å². The predicted octanol–water partition coefficient (Wildman–Crippen LogP) is 7.30. The van der Waals surface area contributed by atoms with Crippen LogP contribution in [-0.4, -0.2) is 29.4 Å².